The number of carbonyl (C=O) groups excluding carboxylic acids is 1. The smallest absolute Gasteiger partial charge is 0.298 e. The minimum Gasteiger partial charge on any atom is -0.298 e. The van der Waals surface area contributed by atoms with Crippen molar-refractivity contribution in [3.63, 3.8) is 0 Å². The first-order chi connectivity index (χ1) is 4.77. The fraction of sp³-hybridized carbons (Fsp3) is 0.750. The third kappa shape index (κ3) is 5.93. The quantitative estimate of drug-likeness (QED) is 0.371. The summed E-state index contributed by atoms with van der Waals surface area (Å²) in [7, 11) is -6.22. The van der Waals surface area contributed by atoms with Crippen LogP contribution in [0.3, 0.4) is 0 Å². The summed E-state index contributed by atoms with van der Waals surface area (Å²) in [6, 6.07) is 0. The molecule has 0 fully saturated rings. The molecule has 7 heteroatoms. The standard InChI is InChI=1S/C4H9NO4SSi/c1-11(2,3)9-10(7,8)5-4-6/h1-3H3. The van der Waals surface area contributed by atoms with Crippen molar-refractivity contribution in [2.45, 2.75) is 19.6 Å². The lowest BCUT2D eigenvalue weighted by Gasteiger charge is -2.12. The second kappa shape index (κ2) is 3.27. The maximum Gasteiger partial charge on any atom is 0.381 e. The molecule has 0 spiro atoms. The Labute approximate surface area is 66.5 Å². The fourth-order valence-corrected chi connectivity index (χ4v) is 3.15. The maximum atomic E-state index is 10.6. The molecule has 0 radical (unpaired) electrons. The van der Waals surface area contributed by atoms with E-state index in [0.29, 0.717) is 0 Å². The first-order valence-corrected chi connectivity index (χ1v) is 7.59. The zero-order chi connectivity index (χ0) is 9.12. The monoisotopic (exact) mass is 195 g/mol. The van der Waals surface area contributed by atoms with Gasteiger partial charge in [-0.25, -0.2) is 4.79 Å². The highest BCUT2D eigenvalue weighted by Gasteiger charge is 2.23. The van der Waals surface area contributed by atoms with E-state index in [4.69, 9.17) is 0 Å². The third-order valence-electron chi connectivity index (χ3n) is 0.504. The molecule has 0 saturated carbocycles. The van der Waals surface area contributed by atoms with Gasteiger partial charge in [-0.2, -0.15) is 8.42 Å². The molecule has 0 N–H and O–H groups in total. The van der Waals surface area contributed by atoms with Crippen LogP contribution in [0.1, 0.15) is 0 Å². The lowest BCUT2D eigenvalue weighted by Crippen LogP contribution is -2.28. The van der Waals surface area contributed by atoms with Crippen molar-refractivity contribution in [1.29, 1.82) is 0 Å². The molecular weight excluding hydrogens is 186 g/mol. The zero-order valence-corrected chi connectivity index (χ0v) is 8.30. The predicted octanol–water partition coefficient (Wildman–Crippen LogP) is 0.418. The van der Waals surface area contributed by atoms with Crippen LogP contribution in [0.2, 0.25) is 19.6 Å². The van der Waals surface area contributed by atoms with Crippen molar-refractivity contribution < 1.29 is 17.1 Å². The minimum atomic E-state index is -4.03. The Morgan fingerprint density at radius 2 is 1.82 bits per heavy atom. The number of hydrogen-bond donors (Lipinski definition) is 0. The molecule has 0 aromatic heterocycles. The highest BCUT2D eigenvalue weighted by Crippen LogP contribution is 2.08. The van der Waals surface area contributed by atoms with Crippen LogP contribution >= 0.6 is 0 Å². The Balaban J connectivity index is 4.52. The molecule has 0 aliphatic heterocycles. The molecule has 64 valence electrons. The molecule has 0 aliphatic rings. The lowest BCUT2D eigenvalue weighted by atomic mass is 11.7. The lowest BCUT2D eigenvalue weighted by molar-refractivity contribution is 0.486. The topological polar surface area (TPSA) is 72.8 Å². The van der Waals surface area contributed by atoms with Crippen LogP contribution in [0.15, 0.2) is 4.40 Å². The van der Waals surface area contributed by atoms with Gasteiger partial charge in [-0.1, -0.05) is 4.40 Å². The molecule has 0 atom stereocenters. The Morgan fingerprint density at radius 3 is 2.09 bits per heavy atom. The van der Waals surface area contributed by atoms with Gasteiger partial charge in [0.2, 0.25) is 8.32 Å². The van der Waals surface area contributed by atoms with E-state index in [-0.39, 0.29) is 0 Å². The van der Waals surface area contributed by atoms with Gasteiger partial charge >= 0.3 is 10.3 Å². The predicted molar refractivity (Wildman–Crippen MR) is 41.5 cm³/mol. The van der Waals surface area contributed by atoms with Gasteiger partial charge in [-0.05, 0) is 19.6 Å². The summed E-state index contributed by atoms with van der Waals surface area (Å²) in [6.07, 6.45) is 0.915. The van der Waals surface area contributed by atoms with E-state index in [2.05, 4.69) is 8.27 Å². The van der Waals surface area contributed by atoms with E-state index in [9.17, 15) is 13.2 Å². The molecule has 0 heterocycles. The average Bonchev–Trinajstić information content (AvgIpc) is 1.55. The molecule has 5 nitrogen and oxygen atoms in total. The van der Waals surface area contributed by atoms with Gasteiger partial charge < -0.3 is 0 Å². The Bertz CT molecular complexity index is 271. The molecule has 0 amide bonds. The summed E-state index contributed by atoms with van der Waals surface area (Å²) < 4.78 is 28.3. The van der Waals surface area contributed by atoms with E-state index in [0.717, 1.165) is 6.08 Å². The van der Waals surface area contributed by atoms with Crippen LogP contribution in [0.5, 0.6) is 0 Å². The summed E-state index contributed by atoms with van der Waals surface area (Å²) >= 11 is 0. The van der Waals surface area contributed by atoms with E-state index < -0.39 is 18.6 Å². The number of isocyanates is 1. The molecule has 0 unspecified atom stereocenters. The molecule has 0 aromatic carbocycles. The minimum absolute atomic E-state index is 0.915. The number of nitrogens with zero attached hydrogens (tertiary/aromatic N) is 1. The van der Waals surface area contributed by atoms with Gasteiger partial charge in [0, 0.05) is 0 Å². The van der Waals surface area contributed by atoms with Crippen molar-refractivity contribution in [3.8, 4) is 0 Å². The zero-order valence-electron chi connectivity index (χ0n) is 6.49. The van der Waals surface area contributed by atoms with Crippen molar-refractivity contribution >= 4 is 24.7 Å². The van der Waals surface area contributed by atoms with Gasteiger partial charge in [0.05, 0.1) is 0 Å². The van der Waals surface area contributed by atoms with Crippen LogP contribution < -0.4 is 0 Å². The van der Waals surface area contributed by atoms with Crippen LogP contribution in [0.25, 0.3) is 0 Å². The average molecular weight is 195 g/mol. The van der Waals surface area contributed by atoms with Gasteiger partial charge in [0.25, 0.3) is 6.08 Å². The summed E-state index contributed by atoms with van der Waals surface area (Å²) in [5, 5.41) is 0. The van der Waals surface area contributed by atoms with Gasteiger partial charge in [-0.15, -0.1) is 0 Å². The second-order valence-electron chi connectivity index (χ2n) is 2.81. The van der Waals surface area contributed by atoms with Crippen molar-refractivity contribution in [3.05, 3.63) is 0 Å². The highest BCUT2D eigenvalue weighted by atomic mass is 32.2. The van der Waals surface area contributed by atoms with Crippen LogP contribution in [-0.2, 0) is 19.0 Å². The SMILES string of the molecule is C[Si](C)(C)OS(=O)(=O)N=C=O. The maximum absolute atomic E-state index is 10.6. The summed E-state index contributed by atoms with van der Waals surface area (Å²) in [6.45, 7) is 5.01. The molecule has 0 saturated heterocycles. The normalized spacial score (nSPS) is 12.3. The highest BCUT2D eigenvalue weighted by molar-refractivity contribution is 7.86. The molecular formula is C4H9NO4SSi. The van der Waals surface area contributed by atoms with Gasteiger partial charge in [-0.3, -0.25) is 3.87 Å². The summed E-state index contributed by atoms with van der Waals surface area (Å²) in [5.74, 6) is 0. The van der Waals surface area contributed by atoms with Crippen molar-refractivity contribution in [2.75, 3.05) is 0 Å². The summed E-state index contributed by atoms with van der Waals surface area (Å²) in [4.78, 5) is 9.57. The number of hydrogen-bond acceptors (Lipinski definition) is 4. The Hall–Kier alpha value is -0.493. The van der Waals surface area contributed by atoms with Crippen molar-refractivity contribution in [2.24, 2.45) is 4.40 Å². The van der Waals surface area contributed by atoms with Gasteiger partial charge in [0.1, 0.15) is 0 Å². The molecule has 0 bridgehead atoms. The van der Waals surface area contributed by atoms with Crippen LogP contribution in [0, 0.1) is 0 Å². The largest absolute Gasteiger partial charge is 0.381 e. The van der Waals surface area contributed by atoms with Crippen molar-refractivity contribution in [1.82, 2.24) is 0 Å². The Kier molecular flexibility index (Phi) is 3.12. The van der Waals surface area contributed by atoms with E-state index in [1.54, 1.807) is 19.6 Å². The first kappa shape index (κ1) is 10.5. The molecule has 0 rings (SSSR count). The molecule has 0 aliphatic carbocycles. The fourth-order valence-electron chi connectivity index (χ4n) is 0.380. The first-order valence-electron chi connectivity index (χ1n) is 2.81. The summed E-state index contributed by atoms with van der Waals surface area (Å²) in [5.41, 5.74) is 0. The van der Waals surface area contributed by atoms with E-state index in [1.807, 2.05) is 0 Å². The van der Waals surface area contributed by atoms with E-state index >= 15 is 0 Å². The molecule has 0 aromatic rings. The van der Waals surface area contributed by atoms with Crippen LogP contribution in [-0.4, -0.2) is 22.8 Å². The second-order valence-corrected chi connectivity index (χ2v) is 8.74. The van der Waals surface area contributed by atoms with Crippen LogP contribution in [0.4, 0.5) is 0 Å². The Morgan fingerprint density at radius 1 is 1.36 bits per heavy atom. The van der Waals surface area contributed by atoms with E-state index in [1.165, 1.54) is 0 Å². The third-order valence-corrected chi connectivity index (χ3v) is 3.64. The number of rotatable bonds is 3. The molecule has 11 heavy (non-hydrogen) atoms. The van der Waals surface area contributed by atoms with Gasteiger partial charge in [0.15, 0.2) is 0 Å².